The molecule has 0 aliphatic rings. The molecule has 0 aliphatic carbocycles. The van der Waals surface area contributed by atoms with E-state index in [1.165, 1.54) is 12.1 Å². The van der Waals surface area contributed by atoms with Crippen molar-refractivity contribution < 1.29 is 13.5 Å². The van der Waals surface area contributed by atoms with Crippen molar-refractivity contribution >= 4 is 11.0 Å². The number of hydrogen-bond donors (Lipinski definition) is 1. The molecule has 4 heteroatoms. The fourth-order valence-corrected chi connectivity index (χ4v) is 1.91. The van der Waals surface area contributed by atoms with Crippen LogP contribution >= 0.6 is 0 Å². The lowest BCUT2D eigenvalue weighted by Crippen LogP contribution is -2.22. The van der Waals surface area contributed by atoms with Crippen LogP contribution in [0, 0.1) is 5.82 Å². The van der Waals surface area contributed by atoms with Crippen LogP contribution in [-0.2, 0) is 17.9 Å². The molecule has 1 aromatic carbocycles. The fraction of sp³-hybridized carbons (Fsp3) is 0.429. The lowest BCUT2D eigenvalue weighted by atomic mass is 10.1. The normalized spacial score (nSPS) is 11.6. The number of hydrogen-bond acceptors (Lipinski definition) is 3. The Labute approximate surface area is 106 Å². The van der Waals surface area contributed by atoms with E-state index in [1.54, 1.807) is 13.2 Å². The Morgan fingerprint density at radius 1 is 1.39 bits per heavy atom. The van der Waals surface area contributed by atoms with Crippen LogP contribution in [0.2, 0.25) is 0 Å². The zero-order valence-electron chi connectivity index (χ0n) is 10.9. The number of ether oxygens (including phenoxy) is 1. The van der Waals surface area contributed by atoms with Crippen LogP contribution in [0.4, 0.5) is 4.39 Å². The van der Waals surface area contributed by atoms with E-state index < -0.39 is 0 Å². The van der Waals surface area contributed by atoms with E-state index in [1.807, 2.05) is 0 Å². The summed E-state index contributed by atoms with van der Waals surface area (Å²) < 4.78 is 24.2. The molecule has 3 nitrogen and oxygen atoms in total. The lowest BCUT2D eigenvalue weighted by Gasteiger charge is -2.07. The van der Waals surface area contributed by atoms with Crippen LogP contribution < -0.4 is 5.32 Å². The molecule has 0 aliphatic heterocycles. The van der Waals surface area contributed by atoms with Gasteiger partial charge < -0.3 is 14.5 Å². The molecular formula is C14H18FNO2. The first-order valence-corrected chi connectivity index (χ1v) is 6.04. The SMILES string of the molecule is COCc1c(CNC(C)C)oc2ccc(F)cc12. The third kappa shape index (κ3) is 2.71. The Kier molecular flexibility index (Phi) is 3.99. The second-order valence-electron chi connectivity index (χ2n) is 4.61. The lowest BCUT2D eigenvalue weighted by molar-refractivity contribution is 0.183. The maximum atomic E-state index is 13.3. The Morgan fingerprint density at radius 2 is 2.17 bits per heavy atom. The van der Waals surface area contributed by atoms with Gasteiger partial charge in [-0.15, -0.1) is 0 Å². The number of benzene rings is 1. The second-order valence-corrected chi connectivity index (χ2v) is 4.61. The van der Waals surface area contributed by atoms with Crippen molar-refractivity contribution in [2.75, 3.05) is 7.11 Å². The Morgan fingerprint density at radius 3 is 2.83 bits per heavy atom. The molecule has 0 unspecified atom stereocenters. The van der Waals surface area contributed by atoms with Gasteiger partial charge in [0.05, 0.1) is 13.2 Å². The molecule has 1 aromatic heterocycles. The van der Waals surface area contributed by atoms with E-state index in [0.29, 0.717) is 24.8 Å². The van der Waals surface area contributed by atoms with Gasteiger partial charge in [0, 0.05) is 24.1 Å². The maximum absolute atomic E-state index is 13.3. The summed E-state index contributed by atoms with van der Waals surface area (Å²) in [6.45, 7) is 5.18. The number of nitrogens with one attached hydrogen (secondary N) is 1. The highest BCUT2D eigenvalue weighted by molar-refractivity contribution is 5.82. The van der Waals surface area contributed by atoms with Gasteiger partial charge in [-0.3, -0.25) is 0 Å². The van der Waals surface area contributed by atoms with Crippen molar-refractivity contribution in [3.05, 3.63) is 35.3 Å². The summed E-state index contributed by atoms with van der Waals surface area (Å²) in [4.78, 5) is 0. The van der Waals surface area contributed by atoms with Gasteiger partial charge in [0.15, 0.2) is 0 Å². The number of fused-ring (bicyclic) bond motifs is 1. The zero-order valence-corrected chi connectivity index (χ0v) is 10.9. The molecule has 2 aromatic rings. The largest absolute Gasteiger partial charge is 0.459 e. The van der Waals surface area contributed by atoms with Gasteiger partial charge in [-0.05, 0) is 18.2 Å². The summed E-state index contributed by atoms with van der Waals surface area (Å²) in [5.74, 6) is 0.551. The highest BCUT2D eigenvalue weighted by Gasteiger charge is 2.14. The van der Waals surface area contributed by atoms with Crippen LogP contribution in [0.25, 0.3) is 11.0 Å². The molecule has 0 spiro atoms. The van der Waals surface area contributed by atoms with E-state index in [0.717, 1.165) is 16.7 Å². The smallest absolute Gasteiger partial charge is 0.134 e. The molecule has 0 fully saturated rings. The van der Waals surface area contributed by atoms with Crippen LogP contribution in [0.5, 0.6) is 0 Å². The van der Waals surface area contributed by atoms with Crippen LogP contribution in [-0.4, -0.2) is 13.2 Å². The monoisotopic (exact) mass is 251 g/mol. The summed E-state index contributed by atoms with van der Waals surface area (Å²) in [7, 11) is 1.62. The predicted molar refractivity (Wildman–Crippen MR) is 68.9 cm³/mol. The van der Waals surface area contributed by atoms with E-state index in [2.05, 4.69) is 19.2 Å². The molecule has 0 saturated carbocycles. The summed E-state index contributed by atoms with van der Waals surface area (Å²) in [6.07, 6.45) is 0. The first-order chi connectivity index (χ1) is 8.61. The van der Waals surface area contributed by atoms with E-state index in [4.69, 9.17) is 9.15 Å². The van der Waals surface area contributed by atoms with E-state index in [9.17, 15) is 4.39 Å². The minimum atomic E-state index is -0.260. The van der Waals surface area contributed by atoms with Gasteiger partial charge in [-0.25, -0.2) is 4.39 Å². The first-order valence-electron chi connectivity index (χ1n) is 6.04. The molecule has 2 rings (SSSR count). The molecule has 98 valence electrons. The van der Waals surface area contributed by atoms with Crippen LogP contribution in [0.3, 0.4) is 0 Å². The highest BCUT2D eigenvalue weighted by Crippen LogP contribution is 2.27. The molecule has 0 saturated heterocycles. The Balaban J connectivity index is 2.41. The van der Waals surface area contributed by atoms with Crippen molar-refractivity contribution in [1.82, 2.24) is 5.32 Å². The summed E-state index contributed by atoms with van der Waals surface area (Å²) in [5, 5.41) is 4.08. The fourth-order valence-electron chi connectivity index (χ4n) is 1.91. The number of halogens is 1. The molecule has 18 heavy (non-hydrogen) atoms. The van der Waals surface area contributed by atoms with Crippen molar-refractivity contribution in [2.24, 2.45) is 0 Å². The topological polar surface area (TPSA) is 34.4 Å². The second kappa shape index (κ2) is 5.50. The molecule has 0 atom stereocenters. The van der Waals surface area contributed by atoms with Gasteiger partial charge in [0.25, 0.3) is 0 Å². The zero-order chi connectivity index (χ0) is 13.1. The van der Waals surface area contributed by atoms with Crippen molar-refractivity contribution in [3.8, 4) is 0 Å². The Hall–Kier alpha value is -1.39. The van der Waals surface area contributed by atoms with Gasteiger partial charge in [-0.1, -0.05) is 13.8 Å². The van der Waals surface area contributed by atoms with Crippen LogP contribution in [0.15, 0.2) is 22.6 Å². The van der Waals surface area contributed by atoms with Crippen molar-refractivity contribution in [1.29, 1.82) is 0 Å². The summed E-state index contributed by atoms with van der Waals surface area (Å²) >= 11 is 0. The van der Waals surface area contributed by atoms with Gasteiger partial charge >= 0.3 is 0 Å². The third-order valence-corrected chi connectivity index (χ3v) is 2.80. The molecular weight excluding hydrogens is 233 g/mol. The van der Waals surface area contributed by atoms with Gasteiger partial charge in [0.2, 0.25) is 0 Å². The molecule has 1 heterocycles. The number of methoxy groups -OCH3 is 1. The molecule has 1 N–H and O–H groups in total. The van der Waals surface area contributed by atoms with Gasteiger partial charge in [0.1, 0.15) is 17.2 Å². The Bertz CT molecular complexity index is 534. The van der Waals surface area contributed by atoms with Gasteiger partial charge in [-0.2, -0.15) is 0 Å². The predicted octanol–water partition coefficient (Wildman–Crippen LogP) is 3.22. The minimum Gasteiger partial charge on any atom is -0.459 e. The molecule has 0 radical (unpaired) electrons. The standard InChI is InChI=1S/C14H18FNO2/c1-9(2)16-7-14-12(8-17-3)11-6-10(15)4-5-13(11)18-14/h4-6,9,16H,7-8H2,1-3H3. The van der Waals surface area contributed by atoms with Crippen molar-refractivity contribution in [2.45, 2.75) is 33.0 Å². The summed E-state index contributed by atoms with van der Waals surface area (Å²) in [5.41, 5.74) is 1.61. The first kappa shape index (κ1) is 13.1. The molecule has 0 bridgehead atoms. The van der Waals surface area contributed by atoms with Crippen molar-refractivity contribution in [3.63, 3.8) is 0 Å². The quantitative estimate of drug-likeness (QED) is 0.886. The highest BCUT2D eigenvalue weighted by atomic mass is 19.1. The minimum absolute atomic E-state index is 0.260. The maximum Gasteiger partial charge on any atom is 0.134 e. The average molecular weight is 251 g/mol. The third-order valence-electron chi connectivity index (χ3n) is 2.80. The number of furan rings is 1. The average Bonchev–Trinajstić information content (AvgIpc) is 2.65. The van der Waals surface area contributed by atoms with E-state index in [-0.39, 0.29) is 5.82 Å². The van der Waals surface area contributed by atoms with E-state index >= 15 is 0 Å². The van der Waals surface area contributed by atoms with Crippen LogP contribution in [0.1, 0.15) is 25.2 Å². The summed E-state index contributed by atoms with van der Waals surface area (Å²) in [6, 6.07) is 4.92. The molecule has 0 amide bonds. The number of rotatable bonds is 5.